The van der Waals surface area contributed by atoms with Crippen molar-refractivity contribution < 1.29 is 23.6 Å². The van der Waals surface area contributed by atoms with Crippen LogP contribution in [0.5, 0.6) is 0 Å². The van der Waals surface area contributed by atoms with Gasteiger partial charge in [-0.2, -0.15) is 0 Å². The van der Waals surface area contributed by atoms with Crippen molar-refractivity contribution in [2.24, 2.45) is 11.8 Å². The van der Waals surface area contributed by atoms with Crippen molar-refractivity contribution in [3.63, 3.8) is 0 Å². The molecule has 0 aliphatic rings. The van der Waals surface area contributed by atoms with Gasteiger partial charge in [-0.25, -0.2) is 4.39 Å². The monoisotopic (exact) mass is 424 g/mol. The molecule has 172 valence electrons. The van der Waals surface area contributed by atoms with Gasteiger partial charge in [0.25, 0.3) is 0 Å². The van der Waals surface area contributed by atoms with Gasteiger partial charge >= 0.3 is 0 Å². The zero-order chi connectivity index (χ0) is 24.4. The van der Waals surface area contributed by atoms with E-state index in [1.807, 2.05) is 41.5 Å². The molecule has 0 amide bonds. The first-order valence-corrected chi connectivity index (χ1v) is 10.9. The Bertz CT molecular complexity index is 663. The number of benzene rings is 1. The fraction of sp³-hybridized carbons (Fsp3) is 0.600. The van der Waals surface area contributed by atoms with E-state index in [-0.39, 0.29) is 40.3 Å². The maximum Gasteiger partial charge on any atom is 0.166 e. The third-order valence-electron chi connectivity index (χ3n) is 4.20. The highest BCUT2D eigenvalue weighted by atomic mass is 19.1. The van der Waals surface area contributed by atoms with E-state index in [0.717, 1.165) is 6.07 Å². The zero-order valence-corrected chi connectivity index (χ0v) is 20.5. The lowest BCUT2D eigenvalue weighted by Crippen LogP contribution is -2.12. The molecule has 0 aromatic heterocycles. The standard InChI is InChI=1S/C12H13FO2.C9H16O2.2C2H6/c1-7(2)12(15)10-5-9(13)4-8(3)11(10)6-14;1-4-9(11)6-5-7(2)8(3)10;2*1-2/h4-7H,1-3H3;7H,4-6H2,1-3H3;2*1-2H3. The van der Waals surface area contributed by atoms with Gasteiger partial charge in [-0.15, -0.1) is 0 Å². The topological polar surface area (TPSA) is 68.3 Å². The number of hydrogen-bond donors (Lipinski definition) is 0. The summed E-state index contributed by atoms with van der Waals surface area (Å²) < 4.78 is 13.1. The molecule has 0 fully saturated rings. The van der Waals surface area contributed by atoms with Crippen LogP contribution < -0.4 is 0 Å². The molecule has 0 aliphatic carbocycles. The van der Waals surface area contributed by atoms with Crippen LogP contribution in [-0.2, 0) is 9.59 Å². The summed E-state index contributed by atoms with van der Waals surface area (Å²) in [7, 11) is 0. The molecule has 1 unspecified atom stereocenters. The summed E-state index contributed by atoms with van der Waals surface area (Å²) in [4.78, 5) is 44.1. The lowest BCUT2D eigenvalue weighted by Gasteiger charge is -2.09. The Balaban J connectivity index is -0.000000431. The first kappa shape index (κ1) is 32.5. The van der Waals surface area contributed by atoms with Crippen LogP contribution in [0.2, 0.25) is 0 Å². The Morgan fingerprint density at radius 2 is 1.53 bits per heavy atom. The van der Waals surface area contributed by atoms with Gasteiger partial charge in [0, 0.05) is 35.8 Å². The van der Waals surface area contributed by atoms with Crippen molar-refractivity contribution in [3.05, 3.63) is 34.6 Å². The average Bonchev–Trinajstić information content (AvgIpc) is 2.73. The molecule has 0 N–H and O–H groups in total. The molecule has 1 rings (SSSR count). The van der Waals surface area contributed by atoms with Gasteiger partial charge in [0.2, 0.25) is 0 Å². The van der Waals surface area contributed by atoms with Crippen molar-refractivity contribution in [3.8, 4) is 0 Å². The normalized spacial score (nSPS) is 10.3. The Hall–Kier alpha value is -2.17. The fourth-order valence-electron chi connectivity index (χ4n) is 2.18. The number of carbonyl (C=O) groups excluding carboxylic acids is 4. The third-order valence-corrected chi connectivity index (χ3v) is 4.20. The van der Waals surface area contributed by atoms with Crippen LogP contribution in [0.3, 0.4) is 0 Å². The van der Waals surface area contributed by atoms with E-state index >= 15 is 0 Å². The predicted molar refractivity (Wildman–Crippen MR) is 123 cm³/mol. The van der Waals surface area contributed by atoms with Gasteiger partial charge < -0.3 is 0 Å². The minimum atomic E-state index is -0.484. The number of rotatable bonds is 8. The van der Waals surface area contributed by atoms with Crippen LogP contribution in [0.15, 0.2) is 12.1 Å². The largest absolute Gasteiger partial charge is 0.300 e. The van der Waals surface area contributed by atoms with Gasteiger partial charge in [0.15, 0.2) is 12.1 Å². The SMILES string of the molecule is CC.CC.CCC(=O)CCC(C)C(C)=O.Cc1cc(F)cc(C(=O)C(C)C)c1C=O. The first-order chi connectivity index (χ1) is 14.0. The highest BCUT2D eigenvalue weighted by Gasteiger charge is 2.17. The van der Waals surface area contributed by atoms with Gasteiger partial charge in [-0.05, 0) is 38.0 Å². The van der Waals surface area contributed by atoms with Gasteiger partial charge in [0.05, 0.1) is 0 Å². The van der Waals surface area contributed by atoms with Crippen LogP contribution in [0.1, 0.15) is 108 Å². The predicted octanol–water partition coefficient (Wildman–Crippen LogP) is 6.81. The molecular formula is C25H41FO4. The maximum absolute atomic E-state index is 13.1. The molecule has 0 saturated heterocycles. The summed E-state index contributed by atoms with van der Waals surface area (Å²) in [6, 6.07) is 2.37. The molecule has 0 radical (unpaired) electrons. The highest BCUT2D eigenvalue weighted by Crippen LogP contribution is 2.18. The number of Topliss-reactive ketones (excluding diaryl/α,β-unsaturated/α-hetero) is 3. The molecule has 0 spiro atoms. The minimum Gasteiger partial charge on any atom is -0.300 e. The first-order valence-electron chi connectivity index (χ1n) is 10.9. The summed E-state index contributed by atoms with van der Waals surface area (Å²) in [5.41, 5.74) is 0.960. The molecule has 4 nitrogen and oxygen atoms in total. The Kier molecular flexibility index (Phi) is 20.4. The fourth-order valence-corrected chi connectivity index (χ4v) is 2.18. The lowest BCUT2D eigenvalue weighted by atomic mass is 9.94. The van der Waals surface area contributed by atoms with Crippen LogP contribution in [0, 0.1) is 24.6 Å². The number of aryl methyl sites for hydroxylation is 1. The zero-order valence-electron chi connectivity index (χ0n) is 20.5. The van der Waals surface area contributed by atoms with Gasteiger partial charge in [-0.1, -0.05) is 55.4 Å². The number of hydrogen-bond acceptors (Lipinski definition) is 4. The number of carbonyl (C=O) groups is 4. The molecule has 0 aliphatic heterocycles. The van der Waals surface area contributed by atoms with Crippen molar-refractivity contribution in [2.45, 2.75) is 88.5 Å². The van der Waals surface area contributed by atoms with Crippen LogP contribution >= 0.6 is 0 Å². The molecule has 0 bridgehead atoms. The second-order valence-corrected chi connectivity index (χ2v) is 6.76. The third kappa shape index (κ3) is 13.1. The highest BCUT2D eigenvalue weighted by molar-refractivity contribution is 6.04. The Morgan fingerprint density at radius 1 is 1.03 bits per heavy atom. The van der Waals surface area contributed by atoms with Crippen molar-refractivity contribution >= 4 is 23.6 Å². The molecule has 5 heteroatoms. The second-order valence-electron chi connectivity index (χ2n) is 6.76. The summed E-state index contributed by atoms with van der Waals surface area (Å²) in [5.74, 6) is -0.468. The average molecular weight is 425 g/mol. The molecule has 1 aromatic rings. The second kappa shape index (κ2) is 18.8. The summed E-state index contributed by atoms with van der Waals surface area (Å²) in [6.07, 6.45) is 2.45. The van der Waals surface area contributed by atoms with Gasteiger partial charge in [0.1, 0.15) is 17.4 Å². The maximum atomic E-state index is 13.1. The van der Waals surface area contributed by atoms with Crippen molar-refractivity contribution in [1.29, 1.82) is 0 Å². The Morgan fingerprint density at radius 3 is 1.90 bits per heavy atom. The van der Waals surface area contributed by atoms with E-state index < -0.39 is 5.82 Å². The number of aldehydes is 1. The number of ketones is 3. The molecule has 1 atom stereocenters. The summed E-state index contributed by atoms with van der Waals surface area (Å²) in [6.45, 7) is 18.3. The van der Waals surface area contributed by atoms with Crippen LogP contribution in [-0.4, -0.2) is 23.6 Å². The summed E-state index contributed by atoms with van der Waals surface area (Å²) in [5, 5.41) is 0. The van der Waals surface area contributed by atoms with E-state index in [1.54, 1.807) is 27.7 Å². The molecule has 0 heterocycles. The van der Waals surface area contributed by atoms with E-state index in [0.29, 0.717) is 31.1 Å². The summed E-state index contributed by atoms with van der Waals surface area (Å²) >= 11 is 0. The van der Waals surface area contributed by atoms with Crippen molar-refractivity contribution in [2.75, 3.05) is 0 Å². The van der Waals surface area contributed by atoms with Crippen LogP contribution in [0.4, 0.5) is 4.39 Å². The minimum absolute atomic E-state index is 0.0468. The quantitative estimate of drug-likeness (QED) is 0.339. The molecule has 1 aromatic carbocycles. The van der Waals surface area contributed by atoms with E-state index in [4.69, 9.17) is 0 Å². The smallest absolute Gasteiger partial charge is 0.166 e. The van der Waals surface area contributed by atoms with Crippen LogP contribution in [0.25, 0.3) is 0 Å². The number of halogens is 1. The van der Waals surface area contributed by atoms with E-state index in [2.05, 4.69) is 0 Å². The Labute approximate surface area is 182 Å². The van der Waals surface area contributed by atoms with Crippen molar-refractivity contribution in [1.82, 2.24) is 0 Å². The molecular weight excluding hydrogens is 383 g/mol. The van der Waals surface area contributed by atoms with E-state index in [9.17, 15) is 23.6 Å². The molecule has 30 heavy (non-hydrogen) atoms. The lowest BCUT2D eigenvalue weighted by molar-refractivity contribution is -0.121. The van der Waals surface area contributed by atoms with E-state index in [1.165, 1.54) is 6.07 Å². The van der Waals surface area contributed by atoms with Gasteiger partial charge in [-0.3, -0.25) is 19.2 Å². The molecule has 0 saturated carbocycles.